The Balaban J connectivity index is 0.00000280. The van der Waals surface area contributed by atoms with E-state index in [1.54, 1.807) is 7.05 Å². The molecule has 1 unspecified atom stereocenters. The number of aromatic nitrogens is 1. The molecule has 0 fully saturated rings. The number of nitrogens with zero attached hydrogens (tertiary/aromatic N) is 3. The van der Waals surface area contributed by atoms with Gasteiger partial charge in [-0.15, -0.1) is 35.3 Å². The number of aliphatic imine (C=N–C) groups is 1. The van der Waals surface area contributed by atoms with E-state index in [1.165, 1.54) is 11.3 Å². The highest BCUT2D eigenvalue weighted by Crippen LogP contribution is 2.30. The fourth-order valence-corrected chi connectivity index (χ4v) is 3.82. The molecule has 1 aliphatic rings. The first-order valence-corrected chi connectivity index (χ1v) is 9.57. The lowest BCUT2D eigenvalue weighted by Gasteiger charge is -2.28. The van der Waals surface area contributed by atoms with Crippen molar-refractivity contribution in [1.82, 2.24) is 15.6 Å². The van der Waals surface area contributed by atoms with Gasteiger partial charge >= 0.3 is 6.18 Å². The van der Waals surface area contributed by atoms with Crippen molar-refractivity contribution >= 4 is 47.0 Å². The lowest BCUT2D eigenvalue weighted by atomic mass is 10.2. The van der Waals surface area contributed by atoms with E-state index in [4.69, 9.17) is 0 Å². The highest BCUT2D eigenvalue weighted by molar-refractivity contribution is 14.0. The number of thiazole rings is 1. The monoisotopic (exact) mass is 525 g/mol. The van der Waals surface area contributed by atoms with E-state index in [1.807, 2.05) is 6.07 Å². The van der Waals surface area contributed by atoms with E-state index in [9.17, 15) is 13.2 Å². The zero-order valence-corrected chi connectivity index (χ0v) is 18.7. The van der Waals surface area contributed by atoms with Crippen molar-refractivity contribution in [3.05, 3.63) is 45.9 Å². The molecular weight excluding hydrogens is 502 g/mol. The second-order valence-corrected chi connectivity index (χ2v) is 7.29. The molecule has 10 heteroatoms. The molecule has 28 heavy (non-hydrogen) atoms. The molecule has 1 atom stereocenters. The normalized spacial score (nSPS) is 15.0. The summed E-state index contributed by atoms with van der Waals surface area (Å²) in [6.07, 6.45) is -3.37. The van der Waals surface area contributed by atoms with E-state index in [2.05, 4.69) is 50.6 Å². The number of hydrogen-bond acceptors (Lipinski definition) is 4. The van der Waals surface area contributed by atoms with E-state index in [0.29, 0.717) is 17.5 Å². The predicted octanol–water partition coefficient (Wildman–Crippen LogP) is 3.90. The van der Waals surface area contributed by atoms with Crippen LogP contribution in [0.1, 0.15) is 23.2 Å². The quantitative estimate of drug-likeness (QED) is 0.354. The van der Waals surface area contributed by atoms with Crippen LogP contribution in [0.3, 0.4) is 0 Å². The predicted molar refractivity (Wildman–Crippen MR) is 118 cm³/mol. The molecule has 2 aromatic rings. The van der Waals surface area contributed by atoms with Crippen molar-refractivity contribution in [2.24, 2.45) is 4.99 Å². The topological polar surface area (TPSA) is 52.6 Å². The zero-order valence-electron chi connectivity index (χ0n) is 15.6. The van der Waals surface area contributed by atoms with Crippen LogP contribution in [0, 0.1) is 0 Å². The summed E-state index contributed by atoms with van der Waals surface area (Å²) in [5.74, 6) is 0.540. The van der Waals surface area contributed by atoms with Crippen LogP contribution in [0.4, 0.5) is 18.9 Å². The Morgan fingerprint density at radius 1 is 1.32 bits per heavy atom. The minimum absolute atomic E-state index is 0. The van der Waals surface area contributed by atoms with Gasteiger partial charge in [0, 0.05) is 37.2 Å². The third-order valence-corrected chi connectivity index (χ3v) is 5.34. The number of benzene rings is 1. The van der Waals surface area contributed by atoms with Gasteiger partial charge in [-0.05, 0) is 25.0 Å². The Hall–Kier alpha value is -1.56. The molecule has 1 aliphatic heterocycles. The first kappa shape index (κ1) is 22.7. The summed E-state index contributed by atoms with van der Waals surface area (Å²) in [6.45, 7) is 3.98. The number of anilines is 1. The Labute approximate surface area is 183 Å². The lowest BCUT2D eigenvalue weighted by molar-refractivity contribution is -0.140. The first-order chi connectivity index (χ1) is 12.9. The number of guanidine groups is 1. The van der Waals surface area contributed by atoms with Gasteiger partial charge in [0.05, 0.1) is 6.54 Å². The van der Waals surface area contributed by atoms with Gasteiger partial charge in [-0.1, -0.05) is 18.2 Å². The summed E-state index contributed by atoms with van der Waals surface area (Å²) in [5.41, 5.74) is 1.77. The fraction of sp³-hybridized carbons (Fsp3) is 0.444. The molecule has 2 N–H and O–H groups in total. The smallest absolute Gasteiger partial charge is 0.366 e. The number of hydrogen-bond donors (Lipinski definition) is 2. The van der Waals surface area contributed by atoms with Gasteiger partial charge in [-0.3, -0.25) is 4.99 Å². The van der Waals surface area contributed by atoms with Crippen molar-refractivity contribution in [2.45, 2.75) is 32.1 Å². The average molecular weight is 525 g/mol. The van der Waals surface area contributed by atoms with Crippen LogP contribution in [-0.4, -0.2) is 37.1 Å². The van der Waals surface area contributed by atoms with Crippen LogP contribution in [0.5, 0.6) is 0 Å². The highest BCUT2D eigenvalue weighted by Gasteiger charge is 2.33. The lowest BCUT2D eigenvalue weighted by Crippen LogP contribution is -2.45. The maximum atomic E-state index is 12.6. The largest absolute Gasteiger partial charge is 0.434 e. The number of halogens is 4. The molecular formula is C18H23F3IN5S. The molecule has 0 amide bonds. The summed E-state index contributed by atoms with van der Waals surface area (Å²) in [5, 5.41) is 7.65. The third-order valence-electron chi connectivity index (χ3n) is 4.49. The molecule has 5 nitrogen and oxygen atoms in total. The van der Waals surface area contributed by atoms with Crippen molar-refractivity contribution < 1.29 is 13.2 Å². The standard InChI is InChI=1S/C18H22F3N5S.HI/c1-12(26-8-7-13-5-3-4-6-14(13)26)9-23-17(22-2)24-10-16-25-15(11-27-16)18(19,20)21;/h3-6,11-12H,7-10H2,1-2H3,(H2,22,23,24);1H. The minimum atomic E-state index is -4.41. The van der Waals surface area contributed by atoms with Crippen molar-refractivity contribution in [1.29, 1.82) is 0 Å². The number of nitrogens with one attached hydrogen (secondary N) is 2. The van der Waals surface area contributed by atoms with Crippen molar-refractivity contribution in [3.8, 4) is 0 Å². The van der Waals surface area contributed by atoms with Gasteiger partial charge in [0.2, 0.25) is 0 Å². The maximum absolute atomic E-state index is 12.6. The van der Waals surface area contributed by atoms with Crippen LogP contribution in [-0.2, 0) is 19.1 Å². The van der Waals surface area contributed by atoms with Gasteiger partial charge in [-0.25, -0.2) is 4.98 Å². The van der Waals surface area contributed by atoms with Crippen LogP contribution < -0.4 is 15.5 Å². The molecule has 0 radical (unpaired) electrons. The zero-order chi connectivity index (χ0) is 19.4. The van der Waals surface area contributed by atoms with E-state index >= 15 is 0 Å². The van der Waals surface area contributed by atoms with Gasteiger partial charge in [-0.2, -0.15) is 13.2 Å². The summed E-state index contributed by atoms with van der Waals surface area (Å²) in [4.78, 5) is 10.1. The maximum Gasteiger partial charge on any atom is 0.434 e. The van der Waals surface area contributed by atoms with Crippen LogP contribution in [0.2, 0.25) is 0 Å². The Morgan fingerprint density at radius 3 is 2.75 bits per heavy atom. The van der Waals surface area contributed by atoms with E-state index < -0.39 is 11.9 Å². The van der Waals surface area contributed by atoms with Crippen LogP contribution in [0.25, 0.3) is 0 Å². The van der Waals surface area contributed by atoms with Gasteiger partial charge in [0.1, 0.15) is 5.01 Å². The average Bonchev–Trinajstić information content (AvgIpc) is 3.28. The number of para-hydroxylation sites is 1. The molecule has 3 rings (SSSR count). The van der Waals surface area contributed by atoms with Gasteiger partial charge < -0.3 is 15.5 Å². The Kier molecular flexibility index (Phi) is 7.93. The van der Waals surface area contributed by atoms with Crippen LogP contribution in [0.15, 0.2) is 34.6 Å². The van der Waals surface area contributed by atoms with E-state index in [0.717, 1.165) is 29.7 Å². The van der Waals surface area contributed by atoms with Crippen LogP contribution >= 0.6 is 35.3 Å². The molecule has 0 saturated carbocycles. The van der Waals surface area contributed by atoms with E-state index in [-0.39, 0.29) is 36.6 Å². The summed E-state index contributed by atoms with van der Waals surface area (Å²) < 4.78 is 37.8. The third kappa shape index (κ3) is 5.49. The second-order valence-electron chi connectivity index (χ2n) is 6.35. The number of fused-ring (bicyclic) bond motifs is 1. The SMILES string of the molecule is CN=C(NCc1nc(C(F)(F)F)cs1)NCC(C)N1CCc2ccccc21.I. The summed E-state index contributed by atoms with van der Waals surface area (Å²) >= 11 is 0.981. The molecule has 0 spiro atoms. The Morgan fingerprint density at radius 2 is 2.07 bits per heavy atom. The molecule has 0 bridgehead atoms. The molecule has 1 aromatic heterocycles. The Bertz CT molecular complexity index is 809. The fourth-order valence-electron chi connectivity index (χ4n) is 3.08. The second kappa shape index (κ2) is 9.77. The summed E-state index contributed by atoms with van der Waals surface area (Å²) in [7, 11) is 1.63. The number of rotatable bonds is 5. The number of alkyl halides is 3. The minimum Gasteiger partial charge on any atom is -0.366 e. The van der Waals surface area contributed by atoms with Gasteiger partial charge in [0.15, 0.2) is 11.7 Å². The molecule has 0 saturated heterocycles. The summed E-state index contributed by atoms with van der Waals surface area (Å²) in [6, 6.07) is 8.64. The first-order valence-electron chi connectivity index (χ1n) is 8.69. The molecule has 154 valence electrons. The highest BCUT2D eigenvalue weighted by atomic mass is 127. The molecule has 0 aliphatic carbocycles. The van der Waals surface area contributed by atoms with Gasteiger partial charge in [0.25, 0.3) is 0 Å². The molecule has 2 heterocycles. The van der Waals surface area contributed by atoms with Crippen molar-refractivity contribution in [3.63, 3.8) is 0 Å². The molecule has 1 aromatic carbocycles. The van der Waals surface area contributed by atoms with Crippen molar-refractivity contribution in [2.75, 3.05) is 25.0 Å².